The highest BCUT2D eigenvalue weighted by molar-refractivity contribution is 9.09. The molecule has 0 N–H and O–H groups in total. The molecule has 0 aliphatic rings. The third-order valence-corrected chi connectivity index (χ3v) is 2.18. The van der Waals surface area contributed by atoms with Gasteiger partial charge in [0.1, 0.15) is 0 Å². The Balaban J connectivity index is 3.22. The molecule has 0 saturated heterocycles. The Labute approximate surface area is 101 Å². The van der Waals surface area contributed by atoms with Gasteiger partial charge in [-0.15, -0.1) is 11.8 Å². The van der Waals surface area contributed by atoms with Crippen LogP contribution in [0.3, 0.4) is 0 Å². The zero-order valence-corrected chi connectivity index (χ0v) is 10.9. The quantitative estimate of drug-likeness (QED) is 0.308. The fourth-order valence-electron chi connectivity index (χ4n) is 0.938. The molecule has 86 valence electrons. The number of esters is 1. The first-order valence-corrected chi connectivity index (χ1v) is 6.60. The molecule has 15 heavy (non-hydrogen) atoms. The number of rotatable bonds is 7. The van der Waals surface area contributed by atoms with E-state index in [9.17, 15) is 4.79 Å². The first kappa shape index (κ1) is 14.5. The van der Waals surface area contributed by atoms with Crippen molar-refractivity contribution in [3.63, 3.8) is 0 Å². The largest absolute Gasteiger partial charge is 0.466 e. The van der Waals surface area contributed by atoms with Crippen LogP contribution in [0.4, 0.5) is 0 Å². The van der Waals surface area contributed by atoms with E-state index in [-0.39, 0.29) is 5.97 Å². The van der Waals surface area contributed by atoms with Crippen LogP contribution in [0.1, 0.15) is 45.4 Å². The van der Waals surface area contributed by atoms with Crippen LogP contribution in [0.5, 0.6) is 0 Å². The van der Waals surface area contributed by atoms with E-state index in [0.717, 1.165) is 19.3 Å². The lowest BCUT2D eigenvalue weighted by Crippen LogP contribution is -2.05. The van der Waals surface area contributed by atoms with Gasteiger partial charge in [-0.25, -0.2) is 0 Å². The van der Waals surface area contributed by atoms with Crippen molar-refractivity contribution >= 4 is 21.9 Å². The maximum absolute atomic E-state index is 10.9. The SMILES string of the molecule is CCCCC#CCCCOC(=O)CCBr. The van der Waals surface area contributed by atoms with E-state index in [1.165, 1.54) is 12.8 Å². The second kappa shape index (κ2) is 11.6. The lowest BCUT2D eigenvalue weighted by molar-refractivity contribution is -0.143. The lowest BCUT2D eigenvalue weighted by atomic mass is 10.2. The maximum atomic E-state index is 10.9. The summed E-state index contributed by atoms with van der Waals surface area (Å²) in [5.74, 6) is 6.04. The molecule has 0 unspecified atom stereocenters. The van der Waals surface area contributed by atoms with Crippen molar-refractivity contribution in [2.75, 3.05) is 11.9 Å². The van der Waals surface area contributed by atoms with Crippen molar-refractivity contribution in [2.45, 2.75) is 45.4 Å². The number of carbonyl (C=O) groups excluding carboxylic acids is 1. The van der Waals surface area contributed by atoms with Crippen LogP contribution in [-0.4, -0.2) is 17.9 Å². The molecule has 0 amide bonds. The van der Waals surface area contributed by atoms with Gasteiger partial charge in [-0.2, -0.15) is 0 Å². The number of alkyl halides is 1. The normalized spacial score (nSPS) is 9.20. The standard InChI is InChI=1S/C12H19BrO2/c1-2-3-4-5-6-7-8-11-15-12(14)9-10-13/h2-4,7-11H2,1H3. The van der Waals surface area contributed by atoms with E-state index in [1.807, 2.05) is 0 Å². The van der Waals surface area contributed by atoms with Crippen LogP contribution in [0.2, 0.25) is 0 Å². The van der Waals surface area contributed by atoms with Crippen molar-refractivity contribution in [1.29, 1.82) is 0 Å². The Hall–Kier alpha value is -0.490. The molecule has 0 rings (SSSR count). The molecule has 0 saturated carbocycles. The summed E-state index contributed by atoms with van der Waals surface area (Å²) >= 11 is 3.18. The molecule has 0 radical (unpaired) electrons. The van der Waals surface area contributed by atoms with Crippen LogP contribution in [0.15, 0.2) is 0 Å². The number of hydrogen-bond donors (Lipinski definition) is 0. The minimum absolute atomic E-state index is 0.134. The fraction of sp³-hybridized carbons (Fsp3) is 0.750. The number of hydrogen-bond acceptors (Lipinski definition) is 2. The topological polar surface area (TPSA) is 26.3 Å². The molecular weight excluding hydrogens is 256 g/mol. The van der Waals surface area contributed by atoms with E-state index in [2.05, 4.69) is 34.7 Å². The van der Waals surface area contributed by atoms with E-state index < -0.39 is 0 Å². The van der Waals surface area contributed by atoms with E-state index in [4.69, 9.17) is 4.74 Å². The van der Waals surface area contributed by atoms with Crippen LogP contribution in [0.25, 0.3) is 0 Å². The zero-order valence-electron chi connectivity index (χ0n) is 9.35. The van der Waals surface area contributed by atoms with Gasteiger partial charge in [0.05, 0.1) is 13.0 Å². The average molecular weight is 275 g/mol. The maximum Gasteiger partial charge on any atom is 0.306 e. The van der Waals surface area contributed by atoms with Crippen LogP contribution in [-0.2, 0) is 9.53 Å². The van der Waals surface area contributed by atoms with Gasteiger partial charge < -0.3 is 4.74 Å². The molecule has 2 nitrogen and oxygen atoms in total. The summed E-state index contributed by atoms with van der Waals surface area (Å²) in [6, 6.07) is 0. The first-order chi connectivity index (χ1) is 7.31. The summed E-state index contributed by atoms with van der Waals surface area (Å²) in [5.41, 5.74) is 0. The molecule has 0 aliphatic heterocycles. The molecule has 0 aromatic heterocycles. The van der Waals surface area contributed by atoms with Gasteiger partial charge in [0.25, 0.3) is 0 Å². The molecular formula is C12H19BrO2. The number of carbonyl (C=O) groups is 1. The van der Waals surface area contributed by atoms with E-state index >= 15 is 0 Å². The molecule has 0 aliphatic carbocycles. The highest BCUT2D eigenvalue weighted by Crippen LogP contribution is 1.95. The van der Waals surface area contributed by atoms with Crippen molar-refractivity contribution < 1.29 is 9.53 Å². The third kappa shape index (κ3) is 11.4. The summed E-state index contributed by atoms with van der Waals surface area (Å²) in [5, 5.41) is 0.669. The number of ether oxygens (including phenoxy) is 1. The summed E-state index contributed by atoms with van der Waals surface area (Å²) in [7, 11) is 0. The van der Waals surface area contributed by atoms with Gasteiger partial charge in [0, 0.05) is 18.2 Å². The average Bonchev–Trinajstić information content (AvgIpc) is 2.22. The molecule has 0 spiro atoms. The fourth-order valence-corrected chi connectivity index (χ4v) is 1.26. The van der Waals surface area contributed by atoms with Crippen LogP contribution >= 0.6 is 15.9 Å². The van der Waals surface area contributed by atoms with E-state index in [0.29, 0.717) is 18.4 Å². The molecule has 0 heterocycles. The predicted molar refractivity (Wildman–Crippen MR) is 65.9 cm³/mol. The minimum atomic E-state index is -0.134. The molecule has 0 aromatic rings. The van der Waals surface area contributed by atoms with Gasteiger partial charge >= 0.3 is 5.97 Å². The Morgan fingerprint density at radius 3 is 2.53 bits per heavy atom. The molecule has 0 bridgehead atoms. The molecule has 0 aromatic carbocycles. The molecule has 0 atom stereocenters. The second-order valence-corrected chi connectivity index (χ2v) is 4.01. The van der Waals surface area contributed by atoms with Gasteiger partial charge in [-0.1, -0.05) is 29.3 Å². The zero-order chi connectivity index (χ0) is 11.4. The van der Waals surface area contributed by atoms with Gasteiger partial charge in [0.15, 0.2) is 0 Å². The highest BCUT2D eigenvalue weighted by atomic mass is 79.9. The lowest BCUT2D eigenvalue weighted by Gasteiger charge is -2.00. The van der Waals surface area contributed by atoms with Crippen molar-refractivity contribution in [3.05, 3.63) is 0 Å². The number of halogens is 1. The van der Waals surface area contributed by atoms with Gasteiger partial charge in [-0.05, 0) is 12.8 Å². The summed E-state index contributed by atoms with van der Waals surface area (Å²) in [6.45, 7) is 2.65. The minimum Gasteiger partial charge on any atom is -0.466 e. The Kier molecular flexibility index (Phi) is 11.2. The Morgan fingerprint density at radius 2 is 1.93 bits per heavy atom. The second-order valence-electron chi connectivity index (χ2n) is 3.22. The van der Waals surface area contributed by atoms with Crippen molar-refractivity contribution in [3.8, 4) is 11.8 Å². The number of unbranched alkanes of at least 4 members (excludes halogenated alkanes) is 3. The van der Waals surface area contributed by atoms with Crippen LogP contribution < -0.4 is 0 Å². The Bertz CT molecular complexity index is 215. The predicted octanol–water partition coefficient (Wildman–Crippen LogP) is 3.29. The van der Waals surface area contributed by atoms with Gasteiger partial charge in [0.2, 0.25) is 0 Å². The Morgan fingerprint density at radius 1 is 1.27 bits per heavy atom. The summed E-state index contributed by atoms with van der Waals surface area (Å²) in [6.07, 6.45) is 5.46. The molecule has 3 heteroatoms. The van der Waals surface area contributed by atoms with Gasteiger partial charge in [-0.3, -0.25) is 4.79 Å². The summed E-state index contributed by atoms with van der Waals surface area (Å²) < 4.78 is 4.97. The van der Waals surface area contributed by atoms with Crippen molar-refractivity contribution in [1.82, 2.24) is 0 Å². The first-order valence-electron chi connectivity index (χ1n) is 5.48. The molecule has 0 fully saturated rings. The van der Waals surface area contributed by atoms with E-state index in [1.54, 1.807) is 0 Å². The van der Waals surface area contributed by atoms with Crippen LogP contribution in [0, 0.1) is 11.8 Å². The summed E-state index contributed by atoms with van der Waals surface area (Å²) in [4.78, 5) is 10.9. The highest BCUT2D eigenvalue weighted by Gasteiger charge is 1.99. The van der Waals surface area contributed by atoms with Crippen molar-refractivity contribution in [2.24, 2.45) is 0 Å². The smallest absolute Gasteiger partial charge is 0.306 e. The monoisotopic (exact) mass is 274 g/mol. The third-order valence-electron chi connectivity index (χ3n) is 1.79.